The molecule has 4 aromatic rings. The number of amides is 1. The van der Waals surface area contributed by atoms with Gasteiger partial charge >= 0.3 is 6.18 Å². The Morgan fingerprint density at radius 1 is 1.00 bits per heavy atom. The minimum Gasteiger partial charge on any atom is -0.489 e. The molecule has 0 bridgehead atoms. The molecule has 0 spiro atoms. The van der Waals surface area contributed by atoms with E-state index in [2.05, 4.69) is 5.32 Å². The fraction of sp³-hybridized carbons (Fsp3) is 0.250. The van der Waals surface area contributed by atoms with Crippen molar-refractivity contribution in [3.63, 3.8) is 0 Å². The molecule has 0 radical (unpaired) electrons. The maximum absolute atomic E-state index is 13.3. The molecule has 1 fully saturated rings. The second kappa shape index (κ2) is 10.7. The Kier molecular flexibility index (Phi) is 7.37. The Bertz CT molecular complexity index is 1550. The van der Waals surface area contributed by atoms with Crippen molar-refractivity contribution in [1.82, 2.24) is 9.62 Å². The summed E-state index contributed by atoms with van der Waals surface area (Å²) in [5.74, 6) is -0.104. The first kappa shape index (κ1) is 26.8. The predicted molar refractivity (Wildman–Crippen MR) is 137 cm³/mol. The van der Waals surface area contributed by atoms with E-state index in [0.717, 1.165) is 23.3 Å². The minimum absolute atomic E-state index is 0.124. The predicted octanol–water partition coefficient (Wildman–Crippen LogP) is 5.50. The summed E-state index contributed by atoms with van der Waals surface area (Å²) in [6, 6.07) is 19.2. The van der Waals surface area contributed by atoms with Gasteiger partial charge in [-0.1, -0.05) is 42.5 Å². The first-order valence-electron chi connectivity index (χ1n) is 12.3. The smallest absolute Gasteiger partial charge is 0.416 e. The average molecular weight is 559 g/mol. The molecule has 39 heavy (non-hydrogen) atoms. The first-order valence-corrected chi connectivity index (χ1v) is 13.7. The van der Waals surface area contributed by atoms with E-state index in [-0.39, 0.29) is 24.8 Å². The molecule has 1 aliphatic heterocycles. The number of hydrogen-bond donors (Lipinski definition) is 1. The molecule has 1 saturated heterocycles. The number of rotatable bonds is 8. The molecule has 7 nitrogen and oxygen atoms in total. The molecule has 2 heterocycles. The van der Waals surface area contributed by atoms with Gasteiger partial charge in [-0.2, -0.15) is 17.5 Å². The van der Waals surface area contributed by atoms with Gasteiger partial charge in [0.15, 0.2) is 0 Å². The second-order valence-electron chi connectivity index (χ2n) is 9.23. The van der Waals surface area contributed by atoms with E-state index in [1.54, 1.807) is 42.5 Å². The highest BCUT2D eigenvalue weighted by atomic mass is 32.2. The summed E-state index contributed by atoms with van der Waals surface area (Å²) in [6.07, 6.45) is -3.47. The molecule has 0 unspecified atom stereocenters. The van der Waals surface area contributed by atoms with Crippen LogP contribution in [0, 0.1) is 0 Å². The van der Waals surface area contributed by atoms with Crippen LogP contribution in [-0.2, 0) is 34.1 Å². The fourth-order valence-electron chi connectivity index (χ4n) is 4.53. The number of furan rings is 1. The van der Waals surface area contributed by atoms with Crippen LogP contribution >= 0.6 is 0 Å². The first-order chi connectivity index (χ1) is 18.6. The molecular formula is C28H25F3N2O5S. The number of benzene rings is 3. The average Bonchev–Trinajstić information content (AvgIpc) is 3.59. The number of nitrogens with zero attached hydrogens (tertiary/aromatic N) is 1. The Morgan fingerprint density at radius 2 is 1.74 bits per heavy atom. The highest BCUT2D eigenvalue weighted by molar-refractivity contribution is 7.89. The number of alkyl halides is 3. The van der Waals surface area contributed by atoms with Crippen molar-refractivity contribution >= 4 is 26.9 Å². The number of carbonyl (C=O) groups excluding carboxylic acids is 1. The third-order valence-electron chi connectivity index (χ3n) is 6.52. The molecule has 204 valence electrons. The molecule has 3 aromatic carbocycles. The van der Waals surface area contributed by atoms with Gasteiger partial charge in [-0.3, -0.25) is 4.79 Å². The fourth-order valence-corrected chi connectivity index (χ4v) is 6.14. The van der Waals surface area contributed by atoms with Crippen molar-refractivity contribution < 1.29 is 35.5 Å². The number of hydrogen-bond acceptors (Lipinski definition) is 5. The van der Waals surface area contributed by atoms with Crippen LogP contribution in [0.2, 0.25) is 0 Å². The Balaban J connectivity index is 1.20. The minimum atomic E-state index is -4.41. The van der Waals surface area contributed by atoms with Crippen molar-refractivity contribution in [2.24, 2.45) is 0 Å². The van der Waals surface area contributed by atoms with Crippen LogP contribution in [0.4, 0.5) is 13.2 Å². The lowest BCUT2D eigenvalue weighted by atomic mass is 10.1. The van der Waals surface area contributed by atoms with Crippen LogP contribution in [-0.4, -0.2) is 31.2 Å². The van der Waals surface area contributed by atoms with E-state index in [1.807, 2.05) is 6.07 Å². The number of nitrogens with one attached hydrogen (secondary N) is 1. The van der Waals surface area contributed by atoms with Crippen LogP contribution in [0.3, 0.4) is 0 Å². The molecular weight excluding hydrogens is 533 g/mol. The van der Waals surface area contributed by atoms with E-state index < -0.39 is 33.7 Å². The lowest BCUT2D eigenvalue weighted by Gasteiger charge is -2.22. The van der Waals surface area contributed by atoms with Gasteiger partial charge in [0, 0.05) is 24.5 Å². The van der Waals surface area contributed by atoms with E-state index in [0.29, 0.717) is 29.6 Å². The van der Waals surface area contributed by atoms with Crippen LogP contribution in [0.1, 0.15) is 29.5 Å². The van der Waals surface area contributed by atoms with Gasteiger partial charge < -0.3 is 14.5 Å². The summed E-state index contributed by atoms with van der Waals surface area (Å²) < 4.78 is 77.1. The Hall–Kier alpha value is -3.83. The summed E-state index contributed by atoms with van der Waals surface area (Å²) in [7, 11) is -4.00. The summed E-state index contributed by atoms with van der Waals surface area (Å²) in [6.45, 7) is 0.509. The van der Waals surface area contributed by atoms with Crippen molar-refractivity contribution in [1.29, 1.82) is 0 Å². The molecule has 11 heteroatoms. The van der Waals surface area contributed by atoms with Gasteiger partial charge in [0.1, 0.15) is 24.0 Å². The monoisotopic (exact) mass is 558 g/mol. The highest BCUT2D eigenvalue weighted by Crippen LogP contribution is 2.31. The third kappa shape index (κ3) is 5.94. The third-order valence-corrected chi connectivity index (χ3v) is 8.28. The van der Waals surface area contributed by atoms with E-state index >= 15 is 0 Å². The summed E-state index contributed by atoms with van der Waals surface area (Å²) >= 11 is 0. The van der Waals surface area contributed by atoms with Gasteiger partial charge in [-0.25, -0.2) is 8.42 Å². The molecule has 1 aromatic heterocycles. The molecule has 0 aliphatic carbocycles. The Labute approximate surface area is 223 Å². The zero-order valence-corrected chi connectivity index (χ0v) is 21.5. The highest BCUT2D eigenvalue weighted by Gasteiger charge is 2.41. The van der Waals surface area contributed by atoms with Crippen molar-refractivity contribution in [2.45, 2.75) is 43.3 Å². The number of fused-ring (bicyclic) bond motifs is 1. The van der Waals surface area contributed by atoms with Crippen molar-refractivity contribution in [3.8, 4) is 5.75 Å². The molecule has 5 rings (SSSR count). The topological polar surface area (TPSA) is 88.9 Å². The quantitative estimate of drug-likeness (QED) is 0.309. The maximum Gasteiger partial charge on any atom is 0.416 e. The van der Waals surface area contributed by atoms with Gasteiger partial charge in [-0.05, 0) is 54.3 Å². The van der Waals surface area contributed by atoms with Crippen molar-refractivity contribution in [2.75, 3.05) is 6.54 Å². The van der Waals surface area contributed by atoms with Crippen LogP contribution in [0.25, 0.3) is 11.0 Å². The van der Waals surface area contributed by atoms with Gasteiger partial charge in [0.2, 0.25) is 11.0 Å². The summed E-state index contributed by atoms with van der Waals surface area (Å²) in [4.78, 5) is 13.0. The second-order valence-corrected chi connectivity index (χ2v) is 11.0. The lowest BCUT2D eigenvalue weighted by Crippen LogP contribution is -2.45. The largest absolute Gasteiger partial charge is 0.489 e. The zero-order valence-electron chi connectivity index (χ0n) is 20.6. The summed E-state index contributed by atoms with van der Waals surface area (Å²) in [5.41, 5.74) is 1.23. The zero-order chi connectivity index (χ0) is 27.6. The van der Waals surface area contributed by atoms with E-state index in [1.165, 1.54) is 22.5 Å². The van der Waals surface area contributed by atoms with E-state index in [4.69, 9.17) is 9.15 Å². The van der Waals surface area contributed by atoms with Crippen LogP contribution < -0.4 is 10.1 Å². The number of ether oxygens (including phenoxy) is 1. The lowest BCUT2D eigenvalue weighted by molar-refractivity contribution is -0.137. The normalized spacial score (nSPS) is 16.4. The van der Waals surface area contributed by atoms with Gasteiger partial charge in [-0.15, -0.1) is 0 Å². The molecule has 1 atom stereocenters. The number of para-hydroxylation sites is 1. The van der Waals surface area contributed by atoms with Gasteiger partial charge in [0.05, 0.1) is 5.56 Å². The van der Waals surface area contributed by atoms with E-state index in [9.17, 15) is 26.4 Å². The van der Waals surface area contributed by atoms with Crippen LogP contribution in [0.15, 0.2) is 88.4 Å². The SMILES string of the molecule is O=C(NCc1cccc(COc2ccc(C(F)(F)F)cc2)c1)[C@@H]1CCCN1S(=O)(=O)c1cc2ccccc2o1. The number of carbonyl (C=O) groups is 1. The molecule has 1 amide bonds. The standard InChI is InChI=1S/C28H25F3N2O5S/c29-28(30,31)22-10-12-23(13-11-22)37-18-20-6-3-5-19(15-20)17-32-27(34)24-8-4-14-33(24)39(35,36)26-16-21-7-1-2-9-25(21)38-26/h1-3,5-7,9-13,15-16,24H,4,8,14,17-18H2,(H,32,34)/t24-/m0/s1. The van der Waals surface area contributed by atoms with Crippen LogP contribution in [0.5, 0.6) is 5.75 Å². The number of halogens is 3. The van der Waals surface area contributed by atoms with Crippen molar-refractivity contribution in [3.05, 3.63) is 95.6 Å². The molecule has 0 saturated carbocycles. The summed E-state index contributed by atoms with van der Waals surface area (Å²) in [5, 5.41) is 3.29. The van der Waals surface area contributed by atoms with Gasteiger partial charge in [0.25, 0.3) is 10.0 Å². The molecule has 1 aliphatic rings. The maximum atomic E-state index is 13.3. The Morgan fingerprint density at radius 3 is 2.49 bits per heavy atom. The number of sulfonamides is 1. The molecule has 1 N–H and O–H groups in total.